The number of benzene rings is 6. The number of nitrogens with one attached hydrogen (secondary N) is 2. The van der Waals surface area contributed by atoms with E-state index in [0.29, 0.717) is 28.6 Å². The highest BCUT2D eigenvalue weighted by atomic mass is 31.1. The lowest BCUT2D eigenvalue weighted by Crippen LogP contribution is -2.23. The van der Waals surface area contributed by atoms with Gasteiger partial charge in [-0.15, -0.1) is 0 Å². The molecule has 9 rings (SSSR count). The Balaban J connectivity index is 1.21. The van der Waals surface area contributed by atoms with Gasteiger partial charge in [0.25, 0.3) is 0 Å². The first-order chi connectivity index (χ1) is 26.1. The molecule has 2 aromatic heterocycles. The third-order valence-electron chi connectivity index (χ3n) is 9.36. The van der Waals surface area contributed by atoms with Gasteiger partial charge in [0.2, 0.25) is 0 Å². The van der Waals surface area contributed by atoms with Crippen molar-refractivity contribution in [3.63, 3.8) is 0 Å². The second-order valence-corrected chi connectivity index (χ2v) is 14.9. The van der Waals surface area contributed by atoms with E-state index in [1.165, 1.54) is 15.9 Å². The maximum Gasteiger partial charge on any atom is 0.166 e. The minimum Gasteiger partial charge on any atom is -0.298 e. The first-order valence-corrected chi connectivity index (χ1v) is 18.7. The molecule has 0 amide bonds. The van der Waals surface area contributed by atoms with Crippen molar-refractivity contribution in [2.75, 3.05) is 0 Å². The zero-order valence-electron chi connectivity index (χ0n) is 28.5. The molecule has 0 atom stereocenters. The van der Waals surface area contributed by atoms with Crippen molar-refractivity contribution in [3.05, 3.63) is 187 Å². The summed E-state index contributed by atoms with van der Waals surface area (Å²) in [6, 6.07) is 57.4. The Morgan fingerprint density at radius 1 is 0.396 bits per heavy atom. The second kappa shape index (κ2) is 13.8. The number of pyridine rings is 1. The standard InChI is InChI=1S/C46H31N6P/c47-41-38(29-37-40(42(41)48)36-23-13-14-24-39(36)49-43(37)30-15-5-1-6-16-30)46-51-44(31-17-7-2-8-18-31)50-45(52-46)32-25-27-35(28-26-32)53(33-19-9-3-10-20-33)34-21-11-4-12-22-34/h1-29,47-48H. The van der Waals surface area contributed by atoms with Gasteiger partial charge in [0.1, 0.15) is 0 Å². The van der Waals surface area contributed by atoms with Crippen LogP contribution in [0.25, 0.3) is 56.6 Å². The van der Waals surface area contributed by atoms with E-state index in [4.69, 9.17) is 19.9 Å². The average molecular weight is 699 g/mol. The average Bonchev–Trinajstić information content (AvgIpc) is 3.23. The topological polar surface area (TPSA) is 99.3 Å². The first-order valence-electron chi connectivity index (χ1n) is 17.3. The van der Waals surface area contributed by atoms with Crippen LogP contribution in [-0.4, -0.2) is 31.4 Å². The number of allylic oxidation sites excluding steroid dienone is 1. The molecule has 8 aromatic rings. The van der Waals surface area contributed by atoms with Crippen molar-refractivity contribution in [1.29, 1.82) is 10.8 Å². The van der Waals surface area contributed by atoms with Gasteiger partial charge in [0.15, 0.2) is 17.5 Å². The lowest BCUT2D eigenvalue weighted by molar-refractivity contribution is 1.04. The van der Waals surface area contributed by atoms with Crippen LogP contribution >= 0.6 is 7.92 Å². The Labute approximate surface area is 308 Å². The highest BCUT2D eigenvalue weighted by Gasteiger charge is 2.30. The van der Waals surface area contributed by atoms with Gasteiger partial charge in [0.05, 0.1) is 22.6 Å². The van der Waals surface area contributed by atoms with Gasteiger partial charge in [-0.1, -0.05) is 164 Å². The van der Waals surface area contributed by atoms with E-state index in [1.54, 1.807) is 0 Å². The molecule has 0 bridgehead atoms. The number of hydrogen-bond donors (Lipinski definition) is 2. The molecule has 0 saturated carbocycles. The fourth-order valence-electron chi connectivity index (χ4n) is 6.81. The van der Waals surface area contributed by atoms with Crippen molar-refractivity contribution < 1.29 is 0 Å². The molecule has 1 aliphatic carbocycles. The summed E-state index contributed by atoms with van der Waals surface area (Å²) in [6.07, 6.45) is 1.93. The van der Waals surface area contributed by atoms with Crippen LogP contribution in [-0.2, 0) is 0 Å². The molecule has 0 radical (unpaired) electrons. The molecule has 6 nitrogen and oxygen atoms in total. The van der Waals surface area contributed by atoms with E-state index in [-0.39, 0.29) is 11.4 Å². The largest absolute Gasteiger partial charge is 0.298 e. The van der Waals surface area contributed by atoms with Crippen LogP contribution in [0.5, 0.6) is 0 Å². The minimum absolute atomic E-state index is 0.0516. The van der Waals surface area contributed by atoms with Crippen LogP contribution in [0, 0.1) is 10.8 Å². The molecule has 2 heterocycles. The Hall–Kier alpha value is -6.75. The predicted octanol–water partition coefficient (Wildman–Crippen LogP) is 9.12. The lowest BCUT2D eigenvalue weighted by atomic mass is 9.84. The first kappa shape index (κ1) is 32.2. The third kappa shape index (κ3) is 6.05. The number of para-hydroxylation sites is 1. The van der Waals surface area contributed by atoms with E-state index in [2.05, 4.69) is 84.9 Å². The molecule has 53 heavy (non-hydrogen) atoms. The second-order valence-electron chi connectivity index (χ2n) is 12.7. The predicted molar refractivity (Wildman–Crippen MR) is 219 cm³/mol. The fraction of sp³-hybridized carbons (Fsp3) is 0. The SMILES string of the molecule is N=C1C(=N)c2c(c(-c3ccccc3)nc3ccccc23)C=C1c1nc(-c2ccccc2)nc(-c2ccc(P(c3ccccc3)c3ccccc3)cc2)n1. The molecule has 1 aliphatic rings. The zero-order chi connectivity index (χ0) is 35.7. The van der Waals surface area contributed by atoms with Gasteiger partial charge >= 0.3 is 0 Å². The molecule has 7 heteroatoms. The van der Waals surface area contributed by atoms with Gasteiger partial charge in [-0.2, -0.15) is 0 Å². The Kier molecular flexibility index (Phi) is 8.35. The maximum atomic E-state index is 9.38. The summed E-state index contributed by atoms with van der Waals surface area (Å²) >= 11 is 0. The van der Waals surface area contributed by atoms with Crippen molar-refractivity contribution >= 4 is 57.8 Å². The van der Waals surface area contributed by atoms with Gasteiger partial charge in [0, 0.05) is 38.8 Å². The van der Waals surface area contributed by atoms with Crippen LogP contribution in [0.15, 0.2) is 170 Å². The molecule has 0 unspecified atom stereocenters. The molecule has 2 N–H and O–H groups in total. The monoisotopic (exact) mass is 698 g/mol. The highest BCUT2D eigenvalue weighted by Crippen LogP contribution is 2.38. The molecular formula is C46H31N6P. The zero-order valence-corrected chi connectivity index (χ0v) is 29.4. The van der Waals surface area contributed by atoms with Crippen molar-refractivity contribution in [2.24, 2.45) is 0 Å². The highest BCUT2D eigenvalue weighted by molar-refractivity contribution is 7.79. The summed E-state index contributed by atoms with van der Waals surface area (Å²) in [5.41, 5.74) is 6.19. The van der Waals surface area contributed by atoms with Gasteiger partial charge in [-0.25, -0.2) is 19.9 Å². The number of rotatable bonds is 7. The van der Waals surface area contributed by atoms with Gasteiger partial charge in [-0.3, -0.25) is 10.8 Å². The number of fused-ring (bicyclic) bond motifs is 3. The van der Waals surface area contributed by atoms with Gasteiger partial charge in [-0.05, 0) is 36.0 Å². The summed E-state index contributed by atoms with van der Waals surface area (Å²) in [4.78, 5) is 20.0. The molecule has 250 valence electrons. The van der Waals surface area contributed by atoms with E-state index < -0.39 is 7.92 Å². The number of nitrogens with zero attached hydrogens (tertiary/aromatic N) is 4. The molecule has 6 aromatic carbocycles. The maximum absolute atomic E-state index is 9.38. The van der Waals surface area contributed by atoms with Crippen molar-refractivity contribution in [3.8, 4) is 34.0 Å². The van der Waals surface area contributed by atoms with Gasteiger partial charge < -0.3 is 0 Å². The quantitative estimate of drug-likeness (QED) is 0.162. The van der Waals surface area contributed by atoms with Crippen LogP contribution in [0.1, 0.15) is 17.0 Å². The molecule has 0 saturated heterocycles. The smallest absolute Gasteiger partial charge is 0.166 e. The van der Waals surface area contributed by atoms with E-state index in [0.717, 1.165) is 38.9 Å². The lowest BCUT2D eigenvalue weighted by Gasteiger charge is -2.22. The number of hydrogen-bond acceptors (Lipinski definition) is 6. The fourth-order valence-corrected chi connectivity index (χ4v) is 9.09. The van der Waals surface area contributed by atoms with E-state index in [9.17, 15) is 10.8 Å². The summed E-state index contributed by atoms with van der Waals surface area (Å²) in [5, 5.41) is 23.3. The summed E-state index contributed by atoms with van der Waals surface area (Å²) in [6.45, 7) is 0. The van der Waals surface area contributed by atoms with Crippen LogP contribution in [0.4, 0.5) is 0 Å². The van der Waals surface area contributed by atoms with E-state index in [1.807, 2.05) is 91.0 Å². The van der Waals surface area contributed by atoms with Crippen LogP contribution in [0.3, 0.4) is 0 Å². The van der Waals surface area contributed by atoms with Crippen LogP contribution in [0.2, 0.25) is 0 Å². The minimum atomic E-state index is -0.777. The summed E-state index contributed by atoms with van der Waals surface area (Å²) in [5.74, 6) is 1.33. The summed E-state index contributed by atoms with van der Waals surface area (Å²) < 4.78 is 0. The molecule has 0 spiro atoms. The van der Waals surface area contributed by atoms with Crippen molar-refractivity contribution in [2.45, 2.75) is 0 Å². The molecular weight excluding hydrogens is 668 g/mol. The van der Waals surface area contributed by atoms with Crippen LogP contribution < -0.4 is 15.9 Å². The number of aromatic nitrogens is 4. The third-order valence-corrected chi connectivity index (χ3v) is 11.8. The Bertz CT molecular complexity index is 2640. The Morgan fingerprint density at radius 3 is 1.47 bits per heavy atom. The molecule has 0 fully saturated rings. The van der Waals surface area contributed by atoms with Crippen molar-refractivity contribution in [1.82, 2.24) is 19.9 Å². The Morgan fingerprint density at radius 2 is 0.868 bits per heavy atom. The summed E-state index contributed by atoms with van der Waals surface area (Å²) in [7, 11) is -0.777. The normalized spacial score (nSPS) is 12.5. The van der Waals surface area contributed by atoms with E-state index >= 15 is 0 Å². The molecule has 0 aliphatic heterocycles.